The van der Waals surface area contributed by atoms with Crippen LogP contribution in [0.15, 0.2) is 28.7 Å². The Bertz CT molecular complexity index is 478. The molecular weight excluding hydrogens is 324 g/mol. The minimum atomic E-state index is 0.929. The minimum absolute atomic E-state index is 0.929. The molecular formula is C18H25BrN2. The van der Waals surface area contributed by atoms with E-state index in [4.69, 9.17) is 0 Å². The first-order valence-electron chi connectivity index (χ1n) is 8.49. The van der Waals surface area contributed by atoms with Crippen LogP contribution in [0.2, 0.25) is 0 Å². The second kappa shape index (κ2) is 6.02. The number of hydrogen-bond donors (Lipinski definition) is 0. The summed E-state index contributed by atoms with van der Waals surface area (Å²) in [6.45, 7) is 6.15. The number of hydrogen-bond acceptors (Lipinski definition) is 2. The van der Waals surface area contributed by atoms with Crippen molar-refractivity contribution in [3.05, 3.63) is 34.3 Å². The van der Waals surface area contributed by atoms with Gasteiger partial charge in [0.25, 0.3) is 0 Å². The summed E-state index contributed by atoms with van der Waals surface area (Å²) in [5.41, 5.74) is 1.44. The van der Waals surface area contributed by atoms with Gasteiger partial charge in [-0.25, -0.2) is 0 Å². The van der Waals surface area contributed by atoms with Crippen LogP contribution in [0, 0.1) is 11.8 Å². The maximum absolute atomic E-state index is 3.51. The van der Waals surface area contributed by atoms with Crippen molar-refractivity contribution >= 4 is 15.9 Å². The van der Waals surface area contributed by atoms with Crippen molar-refractivity contribution < 1.29 is 0 Å². The normalized spacial score (nSPS) is 33.7. The van der Waals surface area contributed by atoms with Gasteiger partial charge in [0.05, 0.1) is 0 Å². The number of benzene rings is 1. The van der Waals surface area contributed by atoms with E-state index in [1.54, 1.807) is 0 Å². The van der Waals surface area contributed by atoms with Crippen LogP contribution in [0.4, 0.5) is 0 Å². The smallest absolute Gasteiger partial charge is 0.0234 e. The highest BCUT2D eigenvalue weighted by Gasteiger charge is 2.42. The summed E-state index contributed by atoms with van der Waals surface area (Å²) in [5, 5.41) is 0. The third-order valence-electron chi connectivity index (χ3n) is 5.90. The zero-order chi connectivity index (χ0) is 14.2. The van der Waals surface area contributed by atoms with Crippen LogP contribution in [0.1, 0.15) is 31.2 Å². The van der Waals surface area contributed by atoms with Crippen molar-refractivity contribution in [3.63, 3.8) is 0 Å². The molecule has 21 heavy (non-hydrogen) atoms. The first-order valence-corrected chi connectivity index (χ1v) is 9.28. The molecule has 1 aliphatic heterocycles. The van der Waals surface area contributed by atoms with E-state index < -0.39 is 0 Å². The first kappa shape index (κ1) is 14.2. The van der Waals surface area contributed by atoms with E-state index in [-0.39, 0.29) is 0 Å². The molecule has 4 rings (SSSR count). The second-order valence-corrected chi connectivity index (χ2v) is 8.10. The summed E-state index contributed by atoms with van der Waals surface area (Å²) in [4.78, 5) is 5.43. The van der Waals surface area contributed by atoms with Crippen LogP contribution in [0.3, 0.4) is 0 Å². The standard InChI is InChI=1S/C18H25BrN2/c19-17-5-2-14(3-6-17)13-20-7-9-21(10-8-20)18-12-15-1-4-16(18)11-15/h2-3,5-6,15-16,18H,1,4,7-13H2. The number of nitrogens with zero attached hydrogens (tertiary/aromatic N) is 2. The summed E-state index contributed by atoms with van der Waals surface area (Å²) in [6.07, 6.45) is 6.06. The Labute approximate surface area is 136 Å². The molecule has 3 unspecified atom stereocenters. The Balaban J connectivity index is 1.29. The van der Waals surface area contributed by atoms with E-state index in [2.05, 4.69) is 50.0 Å². The van der Waals surface area contributed by atoms with Crippen LogP contribution in [0.25, 0.3) is 0 Å². The molecule has 3 fully saturated rings. The zero-order valence-electron chi connectivity index (χ0n) is 12.7. The molecule has 2 bridgehead atoms. The number of fused-ring (bicyclic) bond motifs is 2. The highest BCUT2D eigenvalue weighted by atomic mass is 79.9. The largest absolute Gasteiger partial charge is 0.298 e. The lowest BCUT2D eigenvalue weighted by atomic mass is 9.93. The first-order chi connectivity index (χ1) is 10.3. The summed E-state index contributed by atoms with van der Waals surface area (Å²) < 4.78 is 1.17. The van der Waals surface area contributed by atoms with Crippen molar-refractivity contribution in [2.45, 2.75) is 38.3 Å². The molecule has 3 heteroatoms. The van der Waals surface area contributed by atoms with E-state index in [0.29, 0.717) is 0 Å². The third kappa shape index (κ3) is 3.06. The fourth-order valence-electron chi connectivity index (χ4n) is 4.76. The van der Waals surface area contributed by atoms with Gasteiger partial charge in [-0.1, -0.05) is 34.5 Å². The molecule has 0 N–H and O–H groups in total. The molecule has 1 saturated heterocycles. The Hall–Kier alpha value is -0.380. The summed E-state index contributed by atoms with van der Waals surface area (Å²) in [7, 11) is 0. The fraction of sp³-hybridized carbons (Fsp3) is 0.667. The van der Waals surface area contributed by atoms with Gasteiger partial charge in [0, 0.05) is 43.2 Å². The molecule has 3 aliphatic rings. The van der Waals surface area contributed by atoms with E-state index in [0.717, 1.165) is 24.4 Å². The van der Waals surface area contributed by atoms with Crippen LogP contribution in [-0.4, -0.2) is 42.0 Å². The van der Waals surface area contributed by atoms with Gasteiger partial charge in [-0.05, 0) is 48.8 Å². The Morgan fingerprint density at radius 1 is 0.952 bits per heavy atom. The van der Waals surface area contributed by atoms with Gasteiger partial charge in [0.2, 0.25) is 0 Å². The summed E-state index contributed by atoms with van der Waals surface area (Å²) in [5.74, 6) is 2.11. The monoisotopic (exact) mass is 348 g/mol. The Kier molecular flexibility index (Phi) is 4.08. The molecule has 0 aromatic heterocycles. The van der Waals surface area contributed by atoms with Gasteiger partial charge in [-0.15, -0.1) is 0 Å². The maximum Gasteiger partial charge on any atom is 0.0234 e. The van der Waals surface area contributed by atoms with Crippen LogP contribution >= 0.6 is 15.9 Å². The van der Waals surface area contributed by atoms with E-state index in [9.17, 15) is 0 Å². The van der Waals surface area contributed by atoms with E-state index in [1.807, 2.05) is 0 Å². The maximum atomic E-state index is 3.51. The predicted molar refractivity (Wildman–Crippen MR) is 90.2 cm³/mol. The highest BCUT2D eigenvalue weighted by Crippen LogP contribution is 2.46. The molecule has 2 nitrogen and oxygen atoms in total. The molecule has 2 aliphatic carbocycles. The molecule has 2 saturated carbocycles. The number of rotatable bonds is 3. The lowest BCUT2D eigenvalue weighted by Crippen LogP contribution is -2.51. The van der Waals surface area contributed by atoms with Crippen molar-refractivity contribution in [2.24, 2.45) is 11.8 Å². The van der Waals surface area contributed by atoms with Gasteiger partial charge in [0.15, 0.2) is 0 Å². The van der Waals surface area contributed by atoms with Crippen LogP contribution in [0.5, 0.6) is 0 Å². The third-order valence-corrected chi connectivity index (χ3v) is 6.42. The summed E-state index contributed by atoms with van der Waals surface area (Å²) in [6, 6.07) is 9.72. The average Bonchev–Trinajstić information content (AvgIpc) is 3.13. The fourth-order valence-corrected chi connectivity index (χ4v) is 5.02. The highest BCUT2D eigenvalue weighted by molar-refractivity contribution is 9.10. The molecule has 0 amide bonds. The van der Waals surface area contributed by atoms with Gasteiger partial charge < -0.3 is 0 Å². The van der Waals surface area contributed by atoms with Crippen molar-refractivity contribution in [3.8, 4) is 0 Å². The molecule has 114 valence electrons. The quantitative estimate of drug-likeness (QED) is 0.820. The van der Waals surface area contributed by atoms with Gasteiger partial charge in [0.1, 0.15) is 0 Å². The lowest BCUT2D eigenvalue weighted by molar-refractivity contribution is 0.0679. The molecule has 0 radical (unpaired) electrons. The molecule has 3 atom stereocenters. The van der Waals surface area contributed by atoms with Gasteiger partial charge in [-0.3, -0.25) is 9.80 Å². The van der Waals surface area contributed by atoms with Crippen molar-refractivity contribution in [2.75, 3.05) is 26.2 Å². The van der Waals surface area contributed by atoms with E-state index in [1.165, 1.54) is 61.9 Å². The van der Waals surface area contributed by atoms with Crippen molar-refractivity contribution in [1.82, 2.24) is 9.80 Å². The topological polar surface area (TPSA) is 6.48 Å². The van der Waals surface area contributed by atoms with Crippen LogP contribution in [-0.2, 0) is 6.54 Å². The SMILES string of the molecule is Brc1ccc(CN2CCN(C3CC4CCC3C4)CC2)cc1. The zero-order valence-corrected chi connectivity index (χ0v) is 14.3. The average molecular weight is 349 g/mol. The second-order valence-electron chi connectivity index (χ2n) is 7.18. The molecule has 1 heterocycles. The van der Waals surface area contributed by atoms with Gasteiger partial charge >= 0.3 is 0 Å². The van der Waals surface area contributed by atoms with Gasteiger partial charge in [-0.2, -0.15) is 0 Å². The van der Waals surface area contributed by atoms with Crippen LogP contribution < -0.4 is 0 Å². The Morgan fingerprint density at radius 3 is 2.33 bits per heavy atom. The number of piperazine rings is 1. The minimum Gasteiger partial charge on any atom is -0.298 e. The lowest BCUT2D eigenvalue weighted by Gasteiger charge is -2.41. The van der Waals surface area contributed by atoms with Crippen molar-refractivity contribution in [1.29, 1.82) is 0 Å². The predicted octanol–water partition coefficient (Wildman–Crippen LogP) is 3.76. The van der Waals surface area contributed by atoms with E-state index >= 15 is 0 Å². The molecule has 1 aromatic rings. The summed E-state index contributed by atoms with van der Waals surface area (Å²) >= 11 is 3.51. The Morgan fingerprint density at radius 2 is 1.71 bits per heavy atom. The molecule has 1 aromatic carbocycles. The number of halogens is 1. The molecule has 0 spiro atoms.